The van der Waals surface area contributed by atoms with Crippen molar-refractivity contribution in [1.29, 1.82) is 0 Å². The van der Waals surface area contributed by atoms with Crippen LogP contribution in [0.4, 0.5) is 0 Å². The third-order valence-electron chi connectivity index (χ3n) is 1.09. The molecule has 0 spiro atoms. The number of rotatable bonds is 3. The predicted molar refractivity (Wildman–Crippen MR) is 49.8 cm³/mol. The van der Waals surface area contributed by atoms with Crippen LogP contribution in [0.3, 0.4) is 0 Å². The van der Waals surface area contributed by atoms with Crippen LogP contribution in [-0.4, -0.2) is 29.2 Å². The Morgan fingerprint density at radius 3 is 2.67 bits per heavy atom. The molecule has 2 nitrogen and oxygen atoms in total. The van der Waals surface area contributed by atoms with Gasteiger partial charge in [0, 0.05) is 0 Å². The zero-order chi connectivity index (χ0) is 8.81. The van der Waals surface area contributed by atoms with Gasteiger partial charge in [0.1, 0.15) is 0 Å². The van der Waals surface area contributed by atoms with Crippen molar-refractivity contribution < 1.29 is 7.48 Å². The average Bonchev–Trinajstić information content (AvgIpc) is 2.05. The van der Waals surface area contributed by atoms with Crippen molar-refractivity contribution in [2.24, 2.45) is 0 Å². The Labute approximate surface area is 86.7 Å². The zero-order valence-electron chi connectivity index (χ0n) is 6.61. The van der Waals surface area contributed by atoms with Gasteiger partial charge in [0.2, 0.25) is 0 Å². The van der Waals surface area contributed by atoms with Crippen molar-refractivity contribution in [3.8, 4) is 0 Å². The molecule has 0 saturated carbocycles. The summed E-state index contributed by atoms with van der Waals surface area (Å²) in [5.74, 6) is -0.151. The van der Waals surface area contributed by atoms with E-state index in [1.165, 1.54) is 11.8 Å². The van der Waals surface area contributed by atoms with Gasteiger partial charge in [-0.15, -0.1) is 0 Å². The quantitative estimate of drug-likeness (QED) is 0.755. The maximum absolute atomic E-state index is 10.4. The molecule has 0 unspecified atom stereocenters. The van der Waals surface area contributed by atoms with Crippen LogP contribution in [0, 0.1) is 0 Å². The van der Waals surface area contributed by atoms with E-state index in [-0.39, 0.29) is 5.97 Å². The summed E-state index contributed by atoms with van der Waals surface area (Å²) in [5.41, 5.74) is 0. The van der Waals surface area contributed by atoms with Crippen molar-refractivity contribution in [3.63, 3.8) is 0 Å². The van der Waals surface area contributed by atoms with Crippen LogP contribution in [0.15, 0.2) is 35.2 Å². The number of carbonyl (C=O) groups is 1. The molecule has 1 aromatic rings. The molecule has 0 amide bonds. The van der Waals surface area contributed by atoms with E-state index in [1.54, 1.807) is 8.31 Å². The molecule has 4 heteroatoms. The first kappa shape index (κ1) is 10.0. The maximum atomic E-state index is 10.4. The minimum atomic E-state index is -1.23. The van der Waals surface area contributed by atoms with Crippen molar-refractivity contribution in [1.82, 2.24) is 0 Å². The fraction of sp³-hybridized carbons (Fsp3) is 0.125. The first-order valence-electron chi connectivity index (χ1n) is 3.43. The summed E-state index contributed by atoms with van der Waals surface area (Å²) >= 11 is -1.23. The van der Waals surface area contributed by atoms with E-state index in [0.29, 0.717) is 0 Å². The monoisotopic (exact) mass is 376 g/mol. The first-order chi connectivity index (χ1) is 5.79. The zero-order valence-corrected chi connectivity index (χ0v) is 11.3. The molecule has 0 bridgehead atoms. The molecule has 0 aliphatic heterocycles. The molecule has 0 heterocycles. The molecule has 12 heavy (non-hydrogen) atoms. The van der Waals surface area contributed by atoms with Crippen molar-refractivity contribution in [3.05, 3.63) is 30.3 Å². The van der Waals surface area contributed by atoms with Gasteiger partial charge >= 0.3 is 87.1 Å². The van der Waals surface area contributed by atoms with E-state index in [4.69, 9.17) is 2.69 Å². The Bertz CT molecular complexity index is 250. The van der Waals surface area contributed by atoms with Gasteiger partial charge < -0.3 is 0 Å². The van der Waals surface area contributed by atoms with Crippen molar-refractivity contribution in [2.45, 2.75) is 11.8 Å². The van der Waals surface area contributed by atoms with Crippen LogP contribution in [0.1, 0.15) is 6.92 Å². The number of hydrogen-bond acceptors (Lipinski definition) is 3. The van der Waals surface area contributed by atoms with Crippen LogP contribution < -0.4 is 0 Å². The van der Waals surface area contributed by atoms with Crippen molar-refractivity contribution in [2.75, 3.05) is 0 Å². The molecule has 0 atom stereocenters. The molecule has 0 saturated heterocycles. The molecule has 62 valence electrons. The second kappa shape index (κ2) is 5.58. The van der Waals surface area contributed by atoms with E-state index in [2.05, 4.69) is 0 Å². The molecular formula is C8H8O2PbS. The molecular weight excluding hydrogens is 367 g/mol. The summed E-state index contributed by atoms with van der Waals surface area (Å²) in [6.07, 6.45) is 0. The molecule has 2 radical (unpaired) electrons. The summed E-state index contributed by atoms with van der Waals surface area (Å²) in [7, 11) is 1.70. The topological polar surface area (TPSA) is 26.3 Å². The van der Waals surface area contributed by atoms with Gasteiger partial charge in [0.05, 0.1) is 0 Å². The molecule has 1 aromatic carbocycles. The Morgan fingerprint density at radius 2 is 2.08 bits per heavy atom. The average molecular weight is 375 g/mol. The van der Waals surface area contributed by atoms with Crippen LogP contribution in [0.25, 0.3) is 0 Å². The van der Waals surface area contributed by atoms with Gasteiger partial charge in [0.25, 0.3) is 0 Å². The Balaban J connectivity index is 2.29. The standard InChI is InChI=1S/C6H6S.C2H4O2.Pb/c7-6-4-2-1-3-5-6;1-2(3)4;/h1-5,7H;1H3,(H,3,4);/q;;+2/p-2. The SMILES string of the molecule is CC(=O)[O][Pb][S]c1ccccc1. The van der Waals surface area contributed by atoms with Gasteiger partial charge in [0.15, 0.2) is 0 Å². The number of carbonyl (C=O) groups excluding carboxylic acids is 1. The molecule has 0 N–H and O–H groups in total. The van der Waals surface area contributed by atoms with E-state index in [1.807, 2.05) is 30.3 Å². The van der Waals surface area contributed by atoms with E-state index >= 15 is 0 Å². The summed E-state index contributed by atoms with van der Waals surface area (Å²) in [6, 6.07) is 10.0. The second-order valence-electron chi connectivity index (χ2n) is 2.09. The Morgan fingerprint density at radius 1 is 1.42 bits per heavy atom. The molecule has 0 fully saturated rings. The van der Waals surface area contributed by atoms with Crippen LogP contribution in [0.5, 0.6) is 0 Å². The summed E-state index contributed by atoms with van der Waals surface area (Å²) < 4.78 is 4.96. The Kier molecular flexibility index (Phi) is 4.67. The van der Waals surface area contributed by atoms with E-state index in [0.717, 1.165) is 0 Å². The minimum absolute atomic E-state index is 0.151. The normalized spacial score (nSPS) is 9.42. The predicted octanol–water partition coefficient (Wildman–Crippen LogP) is 1.88. The fourth-order valence-electron chi connectivity index (χ4n) is 0.616. The number of hydrogen-bond donors (Lipinski definition) is 0. The van der Waals surface area contributed by atoms with Crippen LogP contribution >= 0.6 is 8.31 Å². The van der Waals surface area contributed by atoms with Crippen LogP contribution in [-0.2, 0) is 7.48 Å². The van der Waals surface area contributed by atoms with Crippen LogP contribution in [0.2, 0.25) is 0 Å². The Hall–Kier alpha value is -0.0379. The molecule has 0 aromatic heterocycles. The second-order valence-corrected chi connectivity index (χ2v) is 8.05. The first-order valence-corrected chi connectivity index (χ1v) is 10.6. The molecule has 0 aliphatic rings. The molecule has 1 rings (SSSR count). The molecule has 0 aliphatic carbocycles. The van der Waals surface area contributed by atoms with Crippen molar-refractivity contribution >= 4 is 37.5 Å². The van der Waals surface area contributed by atoms with Gasteiger partial charge in [-0.3, -0.25) is 0 Å². The third-order valence-corrected chi connectivity index (χ3v) is 7.57. The van der Waals surface area contributed by atoms with E-state index < -0.39 is 23.2 Å². The summed E-state index contributed by atoms with van der Waals surface area (Å²) in [5, 5.41) is 0. The van der Waals surface area contributed by atoms with Gasteiger partial charge in [-0.25, -0.2) is 0 Å². The van der Waals surface area contributed by atoms with E-state index in [9.17, 15) is 4.79 Å². The van der Waals surface area contributed by atoms with Gasteiger partial charge in [-0.2, -0.15) is 0 Å². The number of benzene rings is 1. The van der Waals surface area contributed by atoms with Gasteiger partial charge in [-0.05, 0) is 0 Å². The third kappa shape index (κ3) is 4.10. The summed E-state index contributed by atoms with van der Waals surface area (Å²) in [4.78, 5) is 11.6. The summed E-state index contributed by atoms with van der Waals surface area (Å²) in [6.45, 7) is 1.46. The van der Waals surface area contributed by atoms with Gasteiger partial charge in [-0.1, -0.05) is 0 Å². The fourth-order valence-corrected chi connectivity index (χ4v) is 5.73.